The Morgan fingerprint density at radius 3 is 2.44 bits per heavy atom. The van der Waals surface area contributed by atoms with Crippen molar-refractivity contribution in [1.82, 2.24) is 14.6 Å². The minimum atomic E-state index is -0.472. The maximum Gasteiger partial charge on any atom is 0.296 e. The van der Waals surface area contributed by atoms with Crippen molar-refractivity contribution < 1.29 is 0 Å². The van der Waals surface area contributed by atoms with E-state index in [0.29, 0.717) is 20.1 Å². The molecule has 0 fully saturated rings. The molecule has 0 atom stereocenters. The van der Waals surface area contributed by atoms with Crippen LogP contribution in [0.25, 0.3) is 11.0 Å². The molecular formula is C19H11Cl2N3O2S. The van der Waals surface area contributed by atoms with E-state index in [4.69, 9.17) is 23.2 Å². The first kappa shape index (κ1) is 17.9. The molecule has 0 radical (unpaired) electrons. The van der Waals surface area contributed by atoms with Gasteiger partial charge in [-0.3, -0.25) is 9.59 Å². The van der Waals surface area contributed by atoms with Crippen molar-refractivity contribution in [3.8, 4) is 0 Å². The van der Waals surface area contributed by atoms with Crippen LogP contribution in [0, 0.1) is 0 Å². The van der Waals surface area contributed by atoms with Crippen LogP contribution in [-0.2, 0) is 6.42 Å². The molecule has 134 valence electrons. The van der Waals surface area contributed by atoms with E-state index in [2.05, 4.69) is 10.1 Å². The first-order chi connectivity index (χ1) is 13.0. The molecule has 0 spiro atoms. The average Bonchev–Trinajstić information content (AvgIpc) is 2.94. The summed E-state index contributed by atoms with van der Waals surface area (Å²) < 4.78 is 1.55. The molecule has 0 unspecified atom stereocenters. The predicted molar refractivity (Wildman–Crippen MR) is 108 cm³/mol. The van der Waals surface area contributed by atoms with Gasteiger partial charge in [-0.1, -0.05) is 70.9 Å². The lowest BCUT2D eigenvalue weighted by atomic mass is 10.1. The monoisotopic (exact) mass is 415 g/mol. The van der Waals surface area contributed by atoms with Crippen LogP contribution in [0.1, 0.15) is 16.8 Å². The fraction of sp³-hybridized carbons (Fsp3) is 0.0526. The smallest absolute Gasteiger partial charge is 0.266 e. The molecule has 0 aliphatic heterocycles. The van der Waals surface area contributed by atoms with Gasteiger partial charge in [0.15, 0.2) is 0 Å². The van der Waals surface area contributed by atoms with Crippen molar-refractivity contribution in [2.45, 2.75) is 6.42 Å². The number of benzene rings is 2. The third-order valence-corrected chi connectivity index (χ3v) is 5.63. The Balaban J connectivity index is 1.85. The molecule has 4 aromatic rings. The first-order valence-electron chi connectivity index (χ1n) is 7.95. The van der Waals surface area contributed by atoms with Crippen LogP contribution in [0.5, 0.6) is 0 Å². The van der Waals surface area contributed by atoms with Crippen LogP contribution < -0.4 is 15.7 Å². The van der Waals surface area contributed by atoms with Crippen LogP contribution in [0.15, 0.2) is 58.1 Å². The Morgan fingerprint density at radius 1 is 1.00 bits per heavy atom. The predicted octanol–water partition coefficient (Wildman–Crippen LogP) is 2.96. The van der Waals surface area contributed by atoms with E-state index in [0.717, 1.165) is 21.4 Å². The molecule has 8 heteroatoms. The number of thiazole rings is 1. The number of fused-ring (bicyclic) bond motifs is 1. The quantitative estimate of drug-likeness (QED) is 0.515. The van der Waals surface area contributed by atoms with Gasteiger partial charge in [-0.25, -0.2) is 0 Å². The Morgan fingerprint density at radius 2 is 1.70 bits per heavy atom. The summed E-state index contributed by atoms with van der Waals surface area (Å²) in [7, 11) is 0. The topological polar surface area (TPSA) is 64.3 Å². The molecule has 0 N–H and O–H groups in total. The Hall–Kier alpha value is -2.54. The summed E-state index contributed by atoms with van der Waals surface area (Å²) in [5.74, 6) is 0. The number of halogens is 2. The normalized spacial score (nSPS) is 12.0. The van der Waals surface area contributed by atoms with Gasteiger partial charge in [-0.2, -0.15) is 14.6 Å². The van der Waals surface area contributed by atoms with E-state index in [1.165, 1.54) is 0 Å². The minimum absolute atomic E-state index is 0.166. The van der Waals surface area contributed by atoms with Crippen molar-refractivity contribution in [3.05, 3.63) is 101 Å². The van der Waals surface area contributed by atoms with E-state index >= 15 is 0 Å². The highest BCUT2D eigenvalue weighted by atomic mass is 35.5. The SMILES string of the molecule is O=c1nc2s/c(=C\c3ccccc3Cl)c(=O)n2nc1Cc1ccccc1Cl. The molecule has 2 heterocycles. The summed E-state index contributed by atoms with van der Waals surface area (Å²) in [5.41, 5.74) is 0.807. The van der Waals surface area contributed by atoms with Gasteiger partial charge in [0, 0.05) is 16.5 Å². The summed E-state index contributed by atoms with van der Waals surface area (Å²) in [6.45, 7) is 0. The lowest BCUT2D eigenvalue weighted by molar-refractivity contribution is 0.811. The zero-order valence-electron chi connectivity index (χ0n) is 13.7. The van der Waals surface area contributed by atoms with Gasteiger partial charge in [0.2, 0.25) is 4.96 Å². The lowest BCUT2D eigenvalue weighted by Crippen LogP contribution is -2.28. The Labute approximate surface area is 167 Å². The van der Waals surface area contributed by atoms with Crippen LogP contribution in [0.3, 0.4) is 0 Å². The molecule has 4 rings (SSSR count). The number of rotatable bonds is 3. The highest BCUT2D eigenvalue weighted by Crippen LogP contribution is 2.17. The second-order valence-electron chi connectivity index (χ2n) is 5.76. The van der Waals surface area contributed by atoms with Crippen LogP contribution in [0.4, 0.5) is 0 Å². The van der Waals surface area contributed by atoms with E-state index in [1.807, 2.05) is 18.2 Å². The fourth-order valence-corrected chi connectivity index (χ4v) is 3.90. The second kappa shape index (κ2) is 7.23. The molecular weight excluding hydrogens is 405 g/mol. The van der Waals surface area contributed by atoms with Crippen molar-refractivity contribution in [3.63, 3.8) is 0 Å². The third kappa shape index (κ3) is 3.51. The molecule has 2 aromatic carbocycles. The average molecular weight is 416 g/mol. The van der Waals surface area contributed by atoms with Crippen LogP contribution >= 0.6 is 34.5 Å². The fourth-order valence-electron chi connectivity index (χ4n) is 2.61. The van der Waals surface area contributed by atoms with E-state index < -0.39 is 5.56 Å². The summed E-state index contributed by atoms with van der Waals surface area (Å²) in [5, 5.41) is 5.29. The van der Waals surface area contributed by atoms with Crippen molar-refractivity contribution in [2.75, 3.05) is 0 Å². The summed E-state index contributed by atoms with van der Waals surface area (Å²) >= 11 is 13.4. The molecule has 0 bridgehead atoms. The van der Waals surface area contributed by atoms with Crippen molar-refractivity contribution in [1.29, 1.82) is 0 Å². The summed E-state index contributed by atoms with van der Waals surface area (Å²) in [4.78, 5) is 29.3. The van der Waals surface area contributed by atoms with Crippen LogP contribution in [0.2, 0.25) is 10.0 Å². The molecule has 0 saturated heterocycles. The van der Waals surface area contributed by atoms with Gasteiger partial charge in [0.05, 0.1) is 4.53 Å². The third-order valence-electron chi connectivity index (χ3n) is 3.96. The molecule has 0 amide bonds. The maximum atomic E-state index is 12.7. The molecule has 0 aliphatic carbocycles. The standard InChI is InChI=1S/C19H11Cl2N3O2S/c20-13-7-3-1-5-11(13)9-15-17(25)22-19-24(23-15)18(26)16(27-19)10-12-6-2-4-8-14(12)21/h1-8,10H,9H2/b16-10-. The lowest BCUT2D eigenvalue weighted by Gasteiger charge is -2.02. The van der Waals surface area contributed by atoms with Gasteiger partial charge in [-0.05, 0) is 29.3 Å². The number of hydrogen-bond donors (Lipinski definition) is 0. The number of hydrogen-bond acceptors (Lipinski definition) is 5. The van der Waals surface area contributed by atoms with Crippen molar-refractivity contribution >= 4 is 45.6 Å². The Kier molecular flexibility index (Phi) is 4.78. The highest BCUT2D eigenvalue weighted by molar-refractivity contribution is 7.15. The second-order valence-corrected chi connectivity index (χ2v) is 7.59. The minimum Gasteiger partial charge on any atom is -0.266 e. The summed E-state index contributed by atoms with van der Waals surface area (Å²) in [6, 6.07) is 14.4. The van der Waals surface area contributed by atoms with Gasteiger partial charge in [-0.15, -0.1) is 0 Å². The van der Waals surface area contributed by atoms with E-state index in [-0.39, 0.29) is 22.6 Å². The molecule has 27 heavy (non-hydrogen) atoms. The zero-order valence-corrected chi connectivity index (χ0v) is 16.1. The van der Waals surface area contributed by atoms with Crippen LogP contribution in [-0.4, -0.2) is 14.6 Å². The molecule has 5 nitrogen and oxygen atoms in total. The van der Waals surface area contributed by atoms with Gasteiger partial charge in [0.1, 0.15) is 5.69 Å². The van der Waals surface area contributed by atoms with Gasteiger partial charge >= 0.3 is 0 Å². The summed E-state index contributed by atoms with van der Waals surface area (Å²) in [6.07, 6.45) is 1.87. The highest BCUT2D eigenvalue weighted by Gasteiger charge is 2.13. The first-order valence-corrected chi connectivity index (χ1v) is 9.52. The Bertz CT molecular complexity index is 1330. The zero-order chi connectivity index (χ0) is 19.0. The largest absolute Gasteiger partial charge is 0.296 e. The van der Waals surface area contributed by atoms with Gasteiger partial charge in [0.25, 0.3) is 11.1 Å². The molecule has 0 aliphatic rings. The van der Waals surface area contributed by atoms with Crippen molar-refractivity contribution in [2.24, 2.45) is 0 Å². The number of nitrogens with zero attached hydrogens (tertiary/aromatic N) is 3. The number of aromatic nitrogens is 3. The van der Waals surface area contributed by atoms with E-state index in [9.17, 15) is 9.59 Å². The van der Waals surface area contributed by atoms with Gasteiger partial charge < -0.3 is 0 Å². The molecule has 0 saturated carbocycles. The maximum absolute atomic E-state index is 12.7. The van der Waals surface area contributed by atoms with E-state index in [1.54, 1.807) is 36.4 Å². The molecule has 2 aromatic heterocycles.